The number of nitrogens with one attached hydrogen (secondary N) is 1. The van der Waals surface area contributed by atoms with Crippen LogP contribution in [0.4, 0.5) is 0 Å². The lowest BCUT2D eigenvalue weighted by atomic mass is 10.1. The number of hydrogen-bond donors (Lipinski definition) is 1. The fourth-order valence-corrected chi connectivity index (χ4v) is 3.77. The second-order valence-corrected chi connectivity index (χ2v) is 7.15. The summed E-state index contributed by atoms with van der Waals surface area (Å²) in [5, 5.41) is 7.24. The Bertz CT molecular complexity index is 995. The topological polar surface area (TPSA) is 97.1 Å². The molecule has 2 aliphatic heterocycles. The molecule has 0 saturated carbocycles. The molecular weight excluding hydrogens is 358 g/mol. The molecule has 0 fully saturated rings. The van der Waals surface area contributed by atoms with Gasteiger partial charge >= 0.3 is 0 Å². The number of pyridine rings is 1. The number of ether oxygens (including phenoxy) is 1. The van der Waals surface area contributed by atoms with Gasteiger partial charge in [-0.15, -0.1) is 0 Å². The van der Waals surface area contributed by atoms with Crippen molar-refractivity contribution in [2.75, 3.05) is 13.2 Å². The number of rotatable bonds is 4. The van der Waals surface area contributed by atoms with Gasteiger partial charge < -0.3 is 14.1 Å². The van der Waals surface area contributed by atoms with Gasteiger partial charge in [-0.1, -0.05) is 6.07 Å². The Balaban J connectivity index is 1.28. The van der Waals surface area contributed by atoms with Crippen LogP contribution in [0.2, 0.25) is 0 Å². The molecule has 8 nitrogen and oxygen atoms in total. The van der Waals surface area contributed by atoms with Crippen molar-refractivity contribution in [3.8, 4) is 0 Å². The highest BCUT2D eigenvalue weighted by Crippen LogP contribution is 2.24. The first kappa shape index (κ1) is 17.1. The summed E-state index contributed by atoms with van der Waals surface area (Å²) in [4.78, 5) is 23.5. The van der Waals surface area contributed by atoms with Crippen LogP contribution in [-0.2, 0) is 43.6 Å². The summed E-state index contributed by atoms with van der Waals surface area (Å²) in [6, 6.07) is 3.97. The van der Waals surface area contributed by atoms with Gasteiger partial charge in [0.2, 0.25) is 0 Å². The highest BCUT2D eigenvalue weighted by molar-refractivity contribution is 5.94. The lowest BCUT2D eigenvalue weighted by Crippen LogP contribution is -2.36. The van der Waals surface area contributed by atoms with Gasteiger partial charge in [-0.2, -0.15) is 5.10 Å². The number of nitrogens with zero attached hydrogens (tertiary/aromatic N) is 4. The first-order valence-corrected chi connectivity index (χ1v) is 9.57. The van der Waals surface area contributed by atoms with Crippen molar-refractivity contribution in [3.05, 3.63) is 64.4 Å². The summed E-state index contributed by atoms with van der Waals surface area (Å²) in [6.07, 6.45) is 6.61. The third-order valence-corrected chi connectivity index (χ3v) is 5.31. The number of amides is 1. The maximum Gasteiger partial charge on any atom is 0.275 e. The van der Waals surface area contributed by atoms with Gasteiger partial charge in [0.1, 0.15) is 11.5 Å². The van der Waals surface area contributed by atoms with Crippen molar-refractivity contribution in [3.63, 3.8) is 0 Å². The number of oxazole rings is 1. The first-order chi connectivity index (χ1) is 13.8. The largest absolute Gasteiger partial charge is 0.445 e. The van der Waals surface area contributed by atoms with Gasteiger partial charge in [0.05, 0.1) is 19.8 Å². The fraction of sp³-hybridized carbons (Fsp3) is 0.400. The molecule has 0 spiro atoms. The van der Waals surface area contributed by atoms with Crippen molar-refractivity contribution >= 4 is 5.91 Å². The van der Waals surface area contributed by atoms with Crippen LogP contribution in [0.15, 0.2) is 28.9 Å². The normalized spacial score (nSPS) is 15.9. The van der Waals surface area contributed by atoms with Crippen LogP contribution >= 0.6 is 0 Å². The van der Waals surface area contributed by atoms with Crippen LogP contribution < -0.4 is 0 Å². The van der Waals surface area contributed by atoms with Crippen LogP contribution in [0, 0.1) is 0 Å². The summed E-state index contributed by atoms with van der Waals surface area (Å²) >= 11 is 0. The second kappa shape index (κ2) is 7.20. The number of aromatic nitrogens is 4. The van der Waals surface area contributed by atoms with E-state index in [4.69, 9.17) is 9.15 Å². The summed E-state index contributed by atoms with van der Waals surface area (Å²) in [6.45, 7) is 2.16. The first-order valence-electron chi connectivity index (χ1n) is 9.57. The molecule has 1 amide bonds. The Morgan fingerprint density at radius 1 is 1.29 bits per heavy atom. The van der Waals surface area contributed by atoms with E-state index < -0.39 is 0 Å². The number of carbonyl (C=O) groups excluding carboxylic acids is 1. The summed E-state index contributed by atoms with van der Waals surface area (Å²) in [7, 11) is 0. The molecule has 0 aliphatic carbocycles. The zero-order valence-electron chi connectivity index (χ0n) is 15.5. The van der Waals surface area contributed by atoms with E-state index in [9.17, 15) is 4.79 Å². The number of carbonyl (C=O) groups is 1. The number of hydrogen-bond acceptors (Lipinski definition) is 6. The monoisotopic (exact) mass is 379 g/mol. The molecule has 2 aliphatic rings. The molecule has 0 saturated heterocycles. The molecule has 0 bridgehead atoms. The van der Waals surface area contributed by atoms with Crippen molar-refractivity contribution < 1.29 is 13.9 Å². The third-order valence-electron chi connectivity index (χ3n) is 5.31. The van der Waals surface area contributed by atoms with Gasteiger partial charge in [0, 0.05) is 49.5 Å². The van der Waals surface area contributed by atoms with Crippen molar-refractivity contribution in [2.24, 2.45) is 0 Å². The van der Waals surface area contributed by atoms with Crippen LogP contribution in [0.25, 0.3) is 0 Å². The van der Waals surface area contributed by atoms with E-state index in [1.165, 1.54) is 0 Å². The Morgan fingerprint density at radius 3 is 3.14 bits per heavy atom. The highest BCUT2D eigenvalue weighted by atomic mass is 16.5. The van der Waals surface area contributed by atoms with Crippen LogP contribution in [0.1, 0.15) is 44.7 Å². The van der Waals surface area contributed by atoms with Crippen molar-refractivity contribution in [2.45, 2.75) is 38.8 Å². The minimum absolute atomic E-state index is 0.0754. The molecule has 0 unspecified atom stereocenters. The van der Waals surface area contributed by atoms with E-state index in [0.717, 1.165) is 47.5 Å². The number of aryl methyl sites for hydroxylation is 2. The van der Waals surface area contributed by atoms with Crippen LogP contribution in [-0.4, -0.2) is 44.1 Å². The van der Waals surface area contributed by atoms with Crippen LogP contribution in [0.5, 0.6) is 0 Å². The molecule has 28 heavy (non-hydrogen) atoms. The SMILES string of the molecule is O=C(c1n[nH]c2c1COCC2)N1CCc2oc(CCc3cccnc3)nc2C1. The molecule has 5 heterocycles. The lowest BCUT2D eigenvalue weighted by Gasteiger charge is -2.25. The smallest absolute Gasteiger partial charge is 0.275 e. The van der Waals surface area contributed by atoms with Gasteiger partial charge in [0.15, 0.2) is 11.6 Å². The quantitative estimate of drug-likeness (QED) is 0.743. The Hall–Kier alpha value is -3.00. The Morgan fingerprint density at radius 2 is 2.25 bits per heavy atom. The molecule has 0 atom stereocenters. The zero-order chi connectivity index (χ0) is 18.9. The predicted molar refractivity (Wildman–Crippen MR) is 98.5 cm³/mol. The molecular formula is C20H21N5O3. The number of H-pyrrole nitrogens is 1. The van der Waals surface area contributed by atoms with E-state index >= 15 is 0 Å². The van der Waals surface area contributed by atoms with E-state index in [1.807, 2.05) is 18.3 Å². The van der Waals surface area contributed by atoms with Crippen LogP contribution in [0.3, 0.4) is 0 Å². The maximum absolute atomic E-state index is 13.0. The fourth-order valence-electron chi connectivity index (χ4n) is 3.77. The number of aromatic amines is 1. The van der Waals surface area contributed by atoms with Gasteiger partial charge in [0.25, 0.3) is 5.91 Å². The van der Waals surface area contributed by atoms with Gasteiger partial charge in [-0.05, 0) is 18.1 Å². The maximum atomic E-state index is 13.0. The van der Waals surface area contributed by atoms with E-state index in [0.29, 0.717) is 44.3 Å². The molecule has 0 radical (unpaired) electrons. The van der Waals surface area contributed by atoms with E-state index in [-0.39, 0.29) is 5.91 Å². The standard InChI is InChI=1S/C20H21N5O3/c26-20(19-14-12-27-9-6-15(14)23-24-19)25-8-5-17-16(11-25)22-18(28-17)4-3-13-2-1-7-21-10-13/h1-2,7,10H,3-6,8-9,11-12H2,(H,23,24). The molecule has 1 N–H and O–H groups in total. The van der Waals surface area contributed by atoms with E-state index in [2.05, 4.69) is 20.2 Å². The second-order valence-electron chi connectivity index (χ2n) is 7.15. The Kier molecular flexibility index (Phi) is 4.40. The average molecular weight is 379 g/mol. The molecule has 0 aromatic carbocycles. The average Bonchev–Trinajstić information content (AvgIpc) is 3.35. The van der Waals surface area contributed by atoms with Gasteiger partial charge in [-0.3, -0.25) is 14.9 Å². The third kappa shape index (κ3) is 3.20. The summed E-state index contributed by atoms with van der Waals surface area (Å²) < 4.78 is 11.4. The van der Waals surface area contributed by atoms with E-state index in [1.54, 1.807) is 11.1 Å². The predicted octanol–water partition coefficient (Wildman–Crippen LogP) is 1.85. The lowest BCUT2D eigenvalue weighted by molar-refractivity contribution is 0.0709. The van der Waals surface area contributed by atoms with Gasteiger partial charge in [-0.25, -0.2) is 4.98 Å². The van der Waals surface area contributed by atoms with Crippen molar-refractivity contribution in [1.29, 1.82) is 0 Å². The van der Waals surface area contributed by atoms with Crippen molar-refractivity contribution in [1.82, 2.24) is 25.1 Å². The minimum atomic E-state index is -0.0754. The molecule has 5 rings (SSSR count). The molecule has 144 valence electrons. The molecule has 8 heteroatoms. The molecule has 3 aromatic rings. The molecule has 3 aromatic heterocycles. The summed E-state index contributed by atoms with van der Waals surface area (Å²) in [5.74, 6) is 1.53. The summed E-state index contributed by atoms with van der Waals surface area (Å²) in [5.41, 5.74) is 4.37. The minimum Gasteiger partial charge on any atom is -0.445 e. The zero-order valence-corrected chi connectivity index (χ0v) is 15.5. The number of fused-ring (bicyclic) bond motifs is 2. The highest BCUT2D eigenvalue weighted by Gasteiger charge is 2.30. The Labute approximate surface area is 161 Å².